The first-order chi connectivity index (χ1) is 10.2. The Balaban J connectivity index is 1.48. The van der Waals surface area contributed by atoms with E-state index < -0.39 is 0 Å². The summed E-state index contributed by atoms with van der Waals surface area (Å²) in [4.78, 5) is 7.94. The van der Waals surface area contributed by atoms with Crippen molar-refractivity contribution in [3.05, 3.63) is 33.1 Å². The number of aromatic nitrogens is 2. The number of rotatable bonds is 5. The van der Waals surface area contributed by atoms with Crippen LogP contribution >= 0.6 is 22.9 Å². The molecule has 5 nitrogen and oxygen atoms in total. The molecule has 7 heteroatoms. The molecule has 0 radical (unpaired) electrons. The van der Waals surface area contributed by atoms with Crippen LogP contribution in [0.15, 0.2) is 16.7 Å². The zero-order chi connectivity index (χ0) is 14.7. The molecule has 3 rings (SSSR count). The fraction of sp³-hybridized carbons (Fsp3) is 0.571. The van der Waals surface area contributed by atoms with Gasteiger partial charge in [-0.25, -0.2) is 0 Å². The van der Waals surface area contributed by atoms with Crippen LogP contribution in [0.25, 0.3) is 0 Å². The first kappa shape index (κ1) is 15.0. The van der Waals surface area contributed by atoms with E-state index in [1.165, 1.54) is 17.7 Å². The molecule has 21 heavy (non-hydrogen) atoms. The number of nitrogens with one attached hydrogen (secondary N) is 1. The van der Waals surface area contributed by atoms with Crippen molar-refractivity contribution >= 4 is 22.9 Å². The molecule has 1 N–H and O–H groups in total. The van der Waals surface area contributed by atoms with Gasteiger partial charge in [0, 0.05) is 30.9 Å². The van der Waals surface area contributed by atoms with Gasteiger partial charge >= 0.3 is 0 Å². The second kappa shape index (κ2) is 6.87. The van der Waals surface area contributed by atoms with Gasteiger partial charge in [-0.05, 0) is 31.5 Å². The highest BCUT2D eigenvalue weighted by Crippen LogP contribution is 2.21. The van der Waals surface area contributed by atoms with Crippen molar-refractivity contribution in [2.24, 2.45) is 0 Å². The second-order valence-electron chi connectivity index (χ2n) is 5.39. The van der Waals surface area contributed by atoms with Gasteiger partial charge in [0.1, 0.15) is 0 Å². The minimum absolute atomic E-state index is 0.507. The lowest BCUT2D eigenvalue weighted by Crippen LogP contribution is -2.45. The molecule has 3 heterocycles. The van der Waals surface area contributed by atoms with Crippen LogP contribution < -0.4 is 5.32 Å². The lowest BCUT2D eigenvalue weighted by Gasteiger charge is -2.32. The Morgan fingerprint density at radius 2 is 2.43 bits per heavy atom. The first-order valence-electron chi connectivity index (χ1n) is 7.18. The predicted molar refractivity (Wildman–Crippen MR) is 83.5 cm³/mol. The van der Waals surface area contributed by atoms with E-state index in [9.17, 15) is 0 Å². The number of aryl methyl sites for hydroxylation is 1. The maximum absolute atomic E-state index is 5.96. The number of piperidine rings is 1. The molecule has 0 aromatic carbocycles. The van der Waals surface area contributed by atoms with Crippen molar-refractivity contribution in [2.75, 3.05) is 13.1 Å². The Kier molecular flexibility index (Phi) is 4.90. The van der Waals surface area contributed by atoms with Crippen LogP contribution in [-0.4, -0.2) is 34.2 Å². The quantitative estimate of drug-likeness (QED) is 0.915. The molecule has 0 aliphatic carbocycles. The first-order valence-corrected chi connectivity index (χ1v) is 8.37. The molecular formula is C14H19ClN4OS. The summed E-state index contributed by atoms with van der Waals surface area (Å²) in [5, 5.41) is 7.59. The van der Waals surface area contributed by atoms with E-state index in [1.807, 2.05) is 13.0 Å². The molecule has 1 aliphatic heterocycles. The maximum atomic E-state index is 5.96. The van der Waals surface area contributed by atoms with Crippen LogP contribution in [0.5, 0.6) is 0 Å². The molecule has 0 bridgehead atoms. The minimum atomic E-state index is 0.507. The standard InChI is InChI=1S/C14H19ClN4OS/c1-10-17-14(18-20-10)9-19-6-2-3-11(8-19)16-7-12-4-5-13(15)21-12/h4-5,11,16H,2-3,6-9H2,1H3/t11-/m1/s1. The lowest BCUT2D eigenvalue weighted by atomic mass is 10.1. The molecule has 1 fully saturated rings. The van der Waals surface area contributed by atoms with Gasteiger partial charge in [0.15, 0.2) is 5.82 Å². The summed E-state index contributed by atoms with van der Waals surface area (Å²) < 4.78 is 5.88. The van der Waals surface area contributed by atoms with Crippen LogP contribution in [0.3, 0.4) is 0 Å². The zero-order valence-corrected chi connectivity index (χ0v) is 13.6. The van der Waals surface area contributed by atoms with E-state index in [2.05, 4.69) is 26.4 Å². The fourth-order valence-electron chi connectivity index (χ4n) is 2.66. The molecule has 114 valence electrons. The predicted octanol–water partition coefficient (Wildman–Crippen LogP) is 2.85. The number of thiophene rings is 1. The van der Waals surface area contributed by atoms with Crippen molar-refractivity contribution in [3.8, 4) is 0 Å². The second-order valence-corrected chi connectivity index (χ2v) is 7.19. The van der Waals surface area contributed by atoms with E-state index in [-0.39, 0.29) is 0 Å². The third-order valence-corrected chi connectivity index (χ3v) is 4.87. The normalized spacial score (nSPS) is 20.0. The summed E-state index contributed by atoms with van der Waals surface area (Å²) in [6, 6.07) is 4.55. The third kappa shape index (κ3) is 4.26. The molecule has 1 atom stereocenters. The highest BCUT2D eigenvalue weighted by molar-refractivity contribution is 7.16. The molecule has 0 unspecified atom stereocenters. The van der Waals surface area contributed by atoms with E-state index >= 15 is 0 Å². The molecule has 0 amide bonds. The lowest BCUT2D eigenvalue weighted by molar-refractivity contribution is 0.177. The van der Waals surface area contributed by atoms with Crippen molar-refractivity contribution in [2.45, 2.75) is 38.9 Å². The molecule has 2 aromatic rings. The Morgan fingerprint density at radius 3 is 3.14 bits per heavy atom. The summed E-state index contributed by atoms with van der Waals surface area (Å²) in [6.07, 6.45) is 2.40. The van der Waals surface area contributed by atoms with Gasteiger partial charge in [-0.1, -0.05) is 16.8 Å². The topological polar surface area (TPSA) is 54.2 Å². The van der Waals surface area contributed by atoms with Gasteiger partial charge < -0.3 is 9.84 Å². The van der Waals surface area contributed by atoms with Crippen LogP contribution in [-0.2, 0) is 13.1 Å². The van der Waals surface area contributed by atoms with E-state index in [0.29, 0.717) is 11.9 Å². The summed E-state index contributed by atoms with van der Waals surface area (Å²) >= 11 is 7.60. The van der Waals surface area contributed by atoms with Gasteiger partial charge in [-0.3, -0.25) is 4.90 Å². The van der Waals surface area contributed by atoms with Crippen molar-refractivity contribution in [1.82, 2.24) is 20.4 Å². The monoisotopic (exact) mass is 326 g/mol. The minimum Gasteiger partial charge on any atom is -0.340 e. The summed E-state index contributed by atoms with van der Waals surface area (Å²) in [5.74, 6) is 1.41. The van der Waals surface area contributed by atoms with Crippen molar-refractivity contribution < 1.29 is 4.52 Å². The Morgan fingerprint density at radius 1 is 1.52 bits per heavy atom. The van der Waals surface area contributed by atoms with E-state index in [1.54, 1.807) is 11.3 Å². The highest BCUT2D eigenvalue weighted by Gasteiger charge is 2.21. The Hall–Kier alpha value is -0.950. The number of hydrogen-bond acceptors (Lipinski definition) is 6. The van der Waals surface area contributed by atoms with Gasteiger partial charge in [0.05, 0.1) is 10.9 Å². The number of halogens is 1. The van der Waals surface area contributed by atoms with Crippen LogP contribution in [0.4, 0.5) is 0 Å². The number of nitrogens with zero attached hydrogens (tertiary/aromatic N) is 3. The average Bonchev–Trinajstić information content (AvgIpc) is 3.06. The number of likely N-dealkylation sites (tertiary alicyclic amines) is 1. The molecular weight excluding hydrogens is 308 g/mol. The largest absolute Gasteiger partial charge is 0.340 e. The van der Waals surface area contributed by atoms with Crippen molar-refractivity contribution in [3.63, 3.8) is 0 Å². The third-order valence-electron chi connectivity index (χ3n) is 3.63. The van der Waals surface area contributed by atoms with Gasteiger partial charge in [-0.15, -0.1) is 11.3 Å². The Bertz CT molecular complexity index is 585. The number of hydrogen-bond donors (Lipinski definition) is 1. The fourth-order valence-corrected chi connectivity index (χ4v) is 3.70. The summed E-state index contributed by atoms with van der Waals surface area (Å²) in [6.45, 7) is 5.59. The summed E-state index contributed by atoms with van der Waals surface area (Å²) in [5.41, 5.74) is 0. The maximum Gasteiger partial charge on any atom is 0.223 e. The van der Waals surface area contributed by atoms with Crippen LogP contribution in [0.1, 0.15) is 29.4 Å². The molecule has 2 aromatic heterocycles. The van der Waals surface area contributed by atoms with E-state index in [4.69, 9.17) is 16.1 Å². The van der Waals surface area contributed by atoms with Gasteiger partial charge in [0.2, 0.25) is 5.89 Å². The average molecular weight is 327 g/mol. The molecule has 1 saturated heterocycles. The smallest absolute Gasteiger partial charge is 0.223 e. The van der Waals surface area contributed by atoms with Crippen molar-refractivity contribution in [1.29, 1.82) is 0 Å². The molecule has 0 spiro atoms. The zero-order valence-electron chi connectivity index (χ0n) is 12.0. The SMILES string of the molecule is Cc1nc(CN2CCC[C@@H](NCc3ccc(Cl)s3)C2)no1. The van der Waals surface area contributed by atoms with Crippen LogP contribution in [0, 0.1) is 6.92 Å². The molecule has 0 saturated carbocycles. The molecule has 1 aliphatic rings. The van der Waals surface area contributed by atoms with Gasteiger partial charge in [-0.2, -0.15) is 4.98 Å². The summed E-state index contributed by atoms with van der Waals surface area (Å²) in [7, 11) is 0. The van der Waals surface area contributed by atoms with Crippen LogP contribution in [0.2, 0.25) is 4.34 Å². The van der Waals surface area contributed by atoms with Gasteiger partial charge in [0.25, 0.3) is 0 Å². The highest BCUT2D eigenvalue weighted by atomic mass is 35.5. The van der Waals surface area contributed by atoms with E-state index in [0.717, 1.165) is 36.3 Å². The Labute approximate surface area is 133 Å².